The van der Waals surface area contributed by atoms with Crippen molar-refractivity contribution in [1.29, 1.82) is 0 Å². The second-order valence-corrected chi connectivity index (χ2v) is 11.3. The molecular formula is C28H30F4N8O2. The number of carbonyl (C=O) groups excluding carboxylic acids is 1. The molecule has 10 nitrogen and oxygen atoms in total. The molecule has 0 bridgehead atoms. The Hall–Kier alpha value is -4.07. The minimum absolute atomic E-state index is 0.0532. The molecule has 4 aromatic rings. The van der Waals surface area contributed by atoms with Crippen LogP contribution in [0.5, 0.6) is 0 Å². The molecule has 6 rings (SSSR count). The highest BCUT2D eigenvalue weighted by atomic mass is 19.2. The van der Waals surface area contributed by atoms with Gasteiger partial charge in [0.05, 0.1) is 11.7 Å². The first-order chi connectivity index (χ1) is 20.0. The standard InChI is InChI=1S/C28H30F4N8O2/c1-13(2)26-36-28(42-37-26)39-6-4-14(5-7-39)38(3)27(41)25-23(32)24-21(11-34-25)40-12-20(33)16(9-22(40)35-24)15-8-18(30)19(31)10-17(15)29/h8,10-11,13-14,16,20H,4-7,9,12,33H2,1-3H3/t16-,20+/m1/s1. The summed E-state index contributed by atoms with van der Waals surface area (Å²) in [4.78, 5) is 29.8. The number of carbonyl (C=O) groups is 1. The summed E-state index contributed by atoms with van der Waals surface area (Å²) >= 11 is 0. The van der Waals surface area contributed by atoms with Crippen molar-refractivity contribution >= 4 is 23.0 Å². The average Bonchev–Trinajstić information content (AvgIpc) is 3.60. The molecule has 5 heterocycles. The van der Waals surface area contributed by atoms with Gasteiger partial charge in [0.1, 0.15) is 17.2 Å². The van der Waals surface area contributed by atoms with Gasteiger partial charge in [-0.15, -0.1) is 0 Å². The maximum Gasteiger partial charge on any atom is 0.324 e. The third-order valence-electron chi connectivity index (χ3n) is 8.32. The van der Waals surface area contributed by atoms with Crippen LogP contribution in [0, 0.1) is 23.3 Å². The van der Waals surface area contributed by atoms with Gasteiger partial charge in [-0.3, -0.25) is 4.79 Å². The van der Waals surface area contributed by atoms with Gasteiger partial charge in [0.2, 0.25) is 0 Å². The summed E-state index contributed by atoms with van der Waals surface area (Å²) in [5.41, 5.74) is 6.18. The Morgan fingerprint density at radius 2 is 1.81 bits per heavy atom. The van der Waals surface area contributed by atoms with Crippen LogP contribution in [0.2, 0.25) is 0 Å². The lowest BCUT2D eigenvalue weighted by Crippen LogP contribution is -2.46. The maximum absolute atomic E-state index is 15.8. The van der Waals surface area contributed by atoms with E-state index in [2.05, 4.69) is 20.1 Å². The van der Waals surface area contributed by atoms with Gasteiger partial charge in [-0.05, 0) is 24.5 Å². The second kappa shape index (κ2) is 10.6. The zero-order valence-corrected chi connectivity index (χ0v) is 23.3. The zero-order valence-electron chi connectivity index (χ0n) is 23.3. The van der Waals surface area contributed by atoms with Crippen molar-refractivity contribution in [3.63, 3.8) is 0 Å². The van der Waals surface area contributed by atoms with Crippen LogP contribution in [0.1, 0.15) is 66.2 Å². The predicted molar refractivity (Wildman–Crippen MR) is 144 cm³/mol. The largest absolute Gasteiger partial charge is 0.337 e. The van der Waals surface area contributed by atoms with Crippen molar-refractivity contribution in [3.8, 4) is 0 Å². The molecule has 2 N–H and O–H groups in total. The summed E-state index contributed by atoms with van der Waals surface area (Å²) in [6.45, 7) is 5.26. The molecule has 222 valence electrons. The average molecular weight is 587 g/mol. The monoisotopic (exact) mass is 586 g/mol. The smallest absolute Gasteiger partial charge is 0.324 e. The number of hydrogen-bond acceptors (Lipinski definition) is 8. The highest BCUT2D eigenvalue weighted by molar-refractivity contribution is 5.95. The first kappa shape index (κ1) is 28.1. The molecule has 1 fully saturated rings. The normalized spacial score (nSPS) is 19.5. The molecule has 14 heteroatoms. The van der Waals surface area contributed by atoms with Gasteiger partial charge in [0.15, 0.2) is 29.0 Å². The van der Waals surface area contributed by atoms with Crippen LogP contribution in [0.3, 0.4) is 0 Å². The first-order valence-electron chi connectivity index (χ1n) is 13.8. The third kappa shape index (κ3) is 4.76. The molecule has 0 saturated carbocycles. The van der Waals surface area contributed by atoms with Crippen molar-refractivity contribution in [1.82, 2.24) is 29.6 Å². The SMILES string of the molecule is CC(C)c1noc(N2CCC(N(C)C(=O)c3ncc4c(nc5n4C[C@H](N)[C@@H](c4cc(F)c(F)cc4F)C5)c3F)CC2)n1. The zero-order chi connectivity index (χ0) is 29.9. The Labute approximate surface area is 238 Å². The molecule has 2 aliphatic heterocycles. The summed E-state index contributed by atoms with van der Waals surface area (Å²) in [6, 6.07) is 0.905. The molecule has 3 aromatic heterocycles. The number of benzene rings is 1. The number of fused-ring (bicyclic) bond motifs is 3. The number of pyridine rings is 1. The number of nitrogens with two attached hydrogens (primary N) is 1. The van der Waals surface area contributed by atoms with Crippen molar-refractivity contribution in [2.45, 2.75) is 63.6 Å². The minimum atomic E-state index is -1.29. The number of hydrogen-bond donors (Lipinski definition) is 1. The quantitative estimate of drug-likeness (QED) is 0.276. The van der Waals surface area contributed by atoms with Crippen LogP contribution in [0.25, 0.3) is 11.0 Å². The van der Waals surface area contributed by atoms with E-state index < -0.39 is 41.1 Å². The van der Waals surface area contributed by atoms with Crippen molar-refractivity contribution in [3.05, 3.63) is 64.5 Å². The molecule has 0 spiro atoms. The van der Waals surface area contributed by atoms with Gasteiger partial charge < -0.3 is 24.6 Å². The minimum Gasteiger partial charge on any atom is -0.337 e. The highest BCUT2D eigenvalue weighted by Gasteiger charge is 2.35. The van der Waals surface area contributed by atoms with Gasteiger partial charge in [-0.2, -0.15) is 4.98 Å². The first-order valence-corrected chi connectivity index (χ1v) is 13.8. The molecule has 2 atom stereocenters. The molecule has 1 amide bonds. The van der Waals surface area contributed by atoms with Crippen molar-refractivity contribution in [2.75, 3.05) is 25.0 Å². The van der Waals surface area contributed by atoms with Crippen LogP contribution in [-0.4, -0.2) is 67.7 Å². The van der Waals surface area contributed by atoms with Gasteiger partial charge in [0.25, 0.3) is 5.91 Å². The number of imidazole rings is 1. The molecular weight excluding hydrogens is 556 g/mol. The number of aromatic nitrogens is 5. The number of anilines is 1. The van der Waals surface area contributed by atoms with E-state index in [0.29, 0.717) is 55.2 Å². The number of piperidine rings is 1. The molecule has 42 heavy (non-hydrogen) atoms. The van der Waals surface area contributed by atoms with Crippen LogP contribution in [0.15, 0.2) is 22.9 Å². The Kier molecular flexibility index (Phi) is 7.11. The molecule has 0 unspecified atom stereocenters. The fourth-order valence-corrected chi connectivity index (χ4v) is 5.82. The van der Waals surface area contributed by atoms with E-state index in [9.17, 15) is 18.0 Å². The number of amides is 1. The van der Waals surface area contributed by atoms with Crippen LogP contribution in [-0.2, 0) is 13.0 Å². The molecule has 1 saturated heterocycles. The number of nitrogens with zero attached hydrogens (tertiary/aromatic N) is 7. The summed E-state index contributed by atoms with van der Waals surface area (Å²) < 4.78 is 64.7. The number of halogens is 4. The summed E-state index contributed by atoms with van der Waals surface area (Å²) in [7, 11) is 1.62. The molecule has 1 aromatic carbocycles. The van der Waals surface area contributed by atoms with Crippen molar-refractivity contribution < 1.29 is 26.9 Å². The van der Waals surface area contributed by atoms with E-state index >= 15 is 4.39 Å². The number of rotatable bonds is 5. The van der Waals surface area contributed by atoms with E-state index in [-0.39, 0.29) is 41.7 Å². The van der Waals surface area contributed by atoms with Gasteiger partial charge in [0, 0.05) is 63.1 Å². The van der Waals surface area contributed by atoms with E-state index in [1.807, 2.05) is 18.7 Å². The fraction of sp³-hybridized carbons (Fsp3) is 0.464. The van der Waals surface area contributed by atoms with Gasteiger partial charge >= 0.3 is 6.01 Å². The summed E-state index contributed by atoms with van der Waals surface area (Å²) in [5.74, 6) is -4.36. The molecule has 0 radical (unpaired) electrons. The Morgan fingerprint density at radius 1 is 1.10 bits per heavy atom. The maximum atomic E-state index is 15.8. The van der Waals surface area contributed by atoms with Crippen LogP contribution in [0.4, 0.5) is 23.6 Å². The lowest BCUT2D eigenvalue weighted by atomic mass is 9.86. The molecule has 2 aliphatic rings. The second-order valence-electron chi connectivity index (χ2n) is 11.3. The summed E-state index contributed by atoms with van der Waals surface area (Å²) in [5, 5.41) is 4.00. The van der Waals surface area contributed by atoms with E-state index in [0.717, 1.165) is 6.07 Å². The van der Waals surface area contributed by atoms with Crippen molar-refractivity contribution in [2.24, 2.45) is 5.73 Å². The van der Waals surface area contributed by atoms with E-state index in [4.69, 9.17) is 10.3 Å². The Balaban J connectivity index is 1.20. The van der Waals surface area contributed by atoms with Gasteiger partial charge in [-0.1, -0.05) is 19.0 Å². The lowest BCUT2D eigenvalue weighted by Gasteiger charge is -2.35. The summed E-state index contributed by atoms with van der Waals surface area (Å²) in [6.07, 6.45) is 2.68. The lowest BCUT2D eigenvalue weighted by molar-refractivity contribution is 0.0697. The third-order valence-corrected chi connectivity index (χ3v) is 8.32. The Bertz CT molecular complexity index is 1660. The van der Waals surface area contributed by atoms with Gasteiger partial charge in [-0.25, -0.2) is 27.5 Å². The van der Waals surface area contributed by atoms with E-state index in [1.165, 1.54) is 11.1 Å². The van der Waals surface area contributed by atoms with E-state index in [1.54, 1.807) is 11.6 Å². The topological polar surface area (TPSA) is 119 Å². The highest BCUT2D eigenvalue weighted by Crippen LogP contribution is 2.34. The fourth-order valence-electron chi connectivity index (χ4n) is 5.82. The van der Waals surface area contributed by atoms with Crippen LogP contribution >= 0.6 is 0 Å². The molecule has 0 aliphatic carbocycles. The van der Waals surface area contributed by atoms with Crippen LogP contribution < -0.4 is 10.6 Å². The predicted octanol–water partition coefficient (Wildman–Crippen LogP) is 3.90. The Morgan fingerprint density at radius 3 is 2.50 bits per heavy atom.